The van der Waals surface area contributed by atoms with E-state index in [0.717, 1.165) is 6.42 Å². The second-order valence-corrected chi connectivity index (χ2v) is 7.96. The van der Waals surface area contributed by atoms with Crippen LogP contribution in [-0.4, -0.2) is 50.7 Å². The number of likely N-dealkylation sites (tertiary alicyclic amines) is 1. The molecule has 2 aromatic heterocycles. The number of benzene rings is 1. The number of aromatic nitrogens is 2. The molecule has 1 aromatic carbocycles. The quantitative estimate of drug-likeness (QED) is 0.701. The number of aromatic amines is 1. The summed E-state index contributed by atoms with van der Waals surface area (Å²) in [6.45, 7) is 3.13. The van der Waals surface area contributed by atoms with Crippen LogP contribution in [-0.2, 0) is 11.3 Å². The van der Waals surface area contributed by atoms with Gasteiger partial charge in [0.05, 0.1) is 22.3 Å². The fraction of sp³-hybridized carbons (Fsp3) is 0.333. The Bertz CT molecular complexity index is 1090. The molecule has 1 fully saturated rings. The molecule has 8 heteroatoms. The molecule has 0 radical (unpaired) electrons. The standard InChI is InChI=1S/C21H22N4O3S/c1-2-24(13-18-22-15-8-4-3-7-14(15)19(26)23-18)20(27)16-9-5-11-25(16)21(28)17-10-6-12-29-17/h3-4,6-8,10,12,16H,2,5,9,11,13H2,1H3,(H,22,23,26). The van der Waals surface area contributed by atoms with Gasteiger partial charge >= 0.3 is 0 Å². The van der Waals surface area contributed by atoms with Crippen LogP contribution in [0.15, 0.2) is 46.6 Å². The minimum atomic E-state index is -0.475. The molecule has 2 amide bonds. The predicted molar refractivity (Wildman–Crippen MR) is 112 cm³/mol. The molecule has 150 valence electrons. The van der Waals surface area contributed by atoms with Crippen LogP contribution in [0.2, 0.25) is 0 Å². The summed E-state index contributed by atoms with van der Waals surface area (Å²) in [4.78, 5) is 49.6. The summed E-state index contributed by atoms with van der Waals surface area (Å²) in [5, 5.41) is 2.38. The van der Waals surface area contributed by atoms with Crippen molar-refractivity contribution in [1.82, 2.24) is 19.8 Å². The first-order chi connectivity index (χ1) is 14.1. The Morgan fingerprint density at radius 2 is 2.10 bits per heavy atom. The van der Waals surface area contributed by atoms with E-state index < -0.39 is 6.04 Å². The number of carbonyl (C=O) groups is 2. The minimum Gasteiger partial charge on any atom is -0.334 e. The Labute approximate surface area is 172 Å². The Kier molecular flexibility index (Phi) is 5.44. The normalized spacial score (nSPS) is 16.3. The molecule has 1 aliphatic heterocycles. The maximum atomic E-state index is 13.2. The highest BCUT2D eigenvalue weighted by Crippen LogP contribution is 2.24. The number of para-hydroxylation sites is 1. The molecule has 0 spiro atoms. The molecule has 1 unspecified atom stereocenters. The molecule has 7 nitrogen and oxygen atoms in total. The monoisotopic (exact) mass is 410 g/mol. The van der Waals surface area contributed by atoms with Crippen molar-refractivity contribution in [1.29, 1.82) is 0 Å². The second kappa shape index (κ2) is 8.16. The van der Waals surface area contributed by atoms with Crippen LogP contribution < -0.4 is 5.56 Å². The van der Waals surface area contributed by atoms with Gasteiger partial charge in [-0.05, 0) is 43.3 Å². The Morgan fingerprint density at radius 3 is 2.86 bits per heavy atom. The van der Waals surface area contributed by atoms with Gasteiger partial charge in [-0.1, -0.05) is 18.2 Å². The van der Waals surface area contributed by atoms with Gasteiger partial charge in [0, 0.05) is 13.1 Å². The van der Waals surface area contributed by atoms with Crippen LogP contribution in [0, 0.1) is 0 Å². The Morgan fingerprint density at radius 1 is 1.28 bits per heavy atom. The molecule has 3 heterocycles. The van der Waals surface area contributed by atoms with E-state index in [1.807, 2.05) is 24.4 Å². The van der Waals surface area contributed by atoms with E-state index in [1.54, 1.807) is 34.1 Å². The van der Waals surface area contributed by atoms with Crippen molar-refractivity contribution in [3.05, 3.63) is 62.8 Å². The highest BCUT2D eigenvalue weighted by molar-refractivity contribution is 7.12. The predicted octanol–water partition coefficient (Wildman–Crippen LogP) is 2.64. The van der Waals surface area contributed by atoms with Gasteiger partial charge in [0.1, 0.15) is 11.9 Å². The summed E-state index contributed by atoms with van der Waals surface area (Å²) >= 11 is 1.39. The highest BCUT2D eigenvalue weighted by atomic mass is 32.1. The first-order valence-corrected chi connectivity index (χ1v) is 10.6. The number of H-pyrrole nitrogens is 1. The number of likely N-dealkylation sites (N-methyl/N-ethyl adjacent to an activating group) is 1. The van der Waals surface area contributed by atoms with Crippen molar-refractivity contribution in [2.24, 2.45) is 0 Å². The number of nitrogens with zero attached hydrogens (tertiary/aromatic N) is 3. The molecule has 4 rings (SSSR count). The van der Waals surface area contributed by atoms with Gasteiger partial charge < -0.3 is 14.8 Å². The number of carbonyl (C=O) groups excluding carboxylic acids is 2. The zero-order valence-corrected chi connectivity index (χ0v) is 16.9. The maximum absolute atomic E-state index is 13.2. The summed E-state index contributed by atoms with van der Waals surface area (Å²) in [6, 6.07) is 10.3. The lowest BCUT2D eigenvalue weighted by molar-refractivity contribution is -0.135. The number of hydrogen-bond acceptors (Lipinski definition) is 5. The number of nitrogens with one attached hydrogen (secondary N) is 1. The van der Waals surface area contributed by atoms with Crippen LogP contribution in [0.4, 0.5) is 0 Å². The SMILES string of the molecule is CCN(Cc1nc2ccccc2c(=O)[nH]1)C(=O)C1CCCN1C(=O)c1cccs1. The van der Waals surface area contributed by atoms with Crippen LogP contribution in [0.1, 0.15) is 35.3 Å². The Balaban J connectivity index is 1.55. The number of fused-ring (bicyclic) bond motifs is 1. The van der Waals surface area contributed by atoms with E-state index in [0.29, 0.717) is 41.1 Å². The van der Waals surface area contributed by atoms with Crippen molar-refractivity contribution < 1.29 is 9.59 Å². The average molecular weight is 410 g/mol. The van der Waals surface area contributed by atoms with Gasteiger partial charge in [-0.3, -0.25) is 14.4 Å². The third-order valence-electron chi connectivity index (χ3n) is 5.23. The average Bonchev–Trinajstić information content (AvgIpc) is 3.43. The molecule has 1 atom stereocenters. The van der Waals surface area contributed by atoms with Crippen molar-refractivity contribution in [2.75, 3.05) is 13.1 Å². The minimum absolute atomic E-state index is 0.0934. The largest absolute Gasteiger partial charge is 0.334 e. The third kappa shape index (κ3) is 3.80. The van der Waals surface area contributed by atoms with Crippen molar-refractivity contribution >= 4 is 34.1 Å². The summed E-state index contributed by atoms with van der Waals surface area (Å²) in [6.07, 6.45) is 1.45. The van der Waals surface area contributed by atoms with Crippen LogP contribution in [0.25, 0.3) is 10.9 Å². The molecule has 29 heavy (non-hydrogen) atoms. The second-order valence-electron chi connectivity index (χ2n) is 7.02. The van der Waals surface area contributed by atoms with E-state index in [1.165, 1.54) is 11.3 Å². The maximum Gasteiger partial charge on any atom is 0.264 e. The Hall–Kier alpha value is -3.00. The number of thiophene rings is 1. The summed E-state index contributed by atoms with van der Waals surface area (Å²) < 4.78 is 0. The van der Waals surface area contributed by atoms with Gasteiger partial charge in [-0.15, -0.1) is 11.3 Å². The molecular weight excluding hydrogens is 388 g/mol. The lowest BCUT2D eigenvalue weighted by Gasteiger charge is -2.29. The van der Waals surface area contributed by atoms with E-state index in [4.69, 9.17) is 0 Å². The van der Waals surface area contributed by atoms with Gasteiger partial charge in [0.15, 0.2) is 0 Å². The van der Waals surface area contributed by atoms with Gasteiger partial charge in [-0.2, -0.15) is 0 Å². The van der Waals surface area contributed by atoms with E-state index in [-0.39, 0.29) is 23.9 Å². The number of amides is 2. The van der Waals surface area contributed by atoms with E-state index in [9.17, 15) is 14.4 Å². The van der Waals surface area contributed by atoms with Crippen LogP contribution >= 0.6 is 11.3 Å². The molecule has 1 N–H and O–H groups in total. The first kappa shape index (κ1) is 19.3. The fourth-order valence-corrected chi connectivity index (χ4v) is 4.43. The smallest absolute Gasteiger partial charge is 0.264 e. The fourth-order valence-electron chi connectivity index (χ4n) is 3.76. The van der Waals surface area contributed by atoms with Crippen molar-refractivity contribution in [3.63, 3.8) is 0 Å². The van der Waals surface area contributed by atoms with E-state index in [2.05, 4.69) is 9.97 Å². The lowest BCUT2D eigenvalue weighted by Crippen LogP contribution is -2.47. The van der Waals surface area contributed by atoms with E-state index >= 15 is 0 Å². The van der Waals surface area contributed by atoms with Gasteiger partial charge in [0.25, 0.3) is 11.5 Å². The third-order valence-corrected chi connectivity index (χ3v) is 6.08. The first-order valence-electron chi connectivity index (χ1n) is 9.69. The van der Waals surface area contributed by atoms with Crippen molar-refractivity contribution in [3.8, 4) is 0 Å². The summed E-state index contributed by atoms with van der Waals surface area (Å²) in [7, 11) is 0. The zero-order valence-electron chi connectivity index (χ0n) is 16.1. The molecule has 1 aliphatic rings. The topological polar surface area (TPSA) is 86.4 Å². The molecule has 1 saturated heterocycles. The number of rotatable bonds is 5. The molecule has 0 saturated carbocycles. The van der Waals surface area contributed by atoms with Crippen molar-refractivity contribution in [2.45, 2.75) is 32.4 Å². The molecular formula is C21H22N4O3S. The van der Waals surface area contributed by atoms with Crippen LogP contribution in [0.3, 0.4) is 0 Å². The van der Waals surface area contributed by atoms with Gasteiger partial charge in [-0.25, -0.2) is 4.98 Å². The lowest BCUT2D eigenvalue weighted by atomic mass is 10.2. The van der Waals surface area contributed by atoms with Gasteiger partial charge in [0.2, 0.25) is 5.91 Å². The molecule has 0 bridgehead atoms. The zero-order chi connectivity index (χ0) is 20.4. The summed E-state index contributed by atoms with van der Waals surface area (Å²) in [5.74, 6) is 0.243. The van der Waals surface area contributed by atoms with Crippen LogP contribution in [0.5, 0.6) is 0 Å². The summed E-state index contributed by atoms with van der Waals surface area (Å²) in [5.41, 5.74) is 0.384. The molecule has 3 aromatic rings. The molecule has 0 aliphatic carbocycles. The highest BCUT2D eigenvalue weighted by Gasteiger charge is 2.37. The number of hydrogen-bond donors (Lipinski definition) is 1.